The van der Waals surface area contributed by atoms with E-state index in [2.05, 4.69) is 6.92 Å². The van der Waals surface area contributed by atoms with Crippen LogP contribution in [0.25, 0.3) is 0 Å². The Labute approximate surface area is 72.9 Å². The van der Waals surface area contributed by atoms with Crippen LogP contribution in [0, 0.1) is 0 Å². The smallest absolute Gasteiger partial charge is 0.0160 e. The Morgan fingerprint density at radius 2 is 1.60 bits per heavy atom. The Morgan fingerprint density at radius 1 is 1.10 bits per heavy atom. The third-order valence-corrected chi connectivity index (χ3v) is 3.22. The molecule has 0 aromatic heterocycles. The van der Waals surface area contributed by atoms with Gasteiger partial charge in [-0.25, -0.2) is 0 Å². The van der Waals surface area contributed by atoms with E-state index in [4.69, 9.17) is 5.73 Å². The van der Waals surface area contributed by atoms with Gasteiger partial charge in [-0.2, -0.15) is 0 Å². The number of hydrogen-bond acceptors (Lipinski definition) is 3. The van der Waals surface area contributed by atoms with Gasteiger partial charge in [-0.1, -0.05) is 42.4 Å². The molecule has 0 aromatic carbocycles. The van der Waals surface area contributed by atoms with Gasteiger partial charge in [-0.05, 0) is 6.42 Å². The van der Waals surface area contributed by atoms with Gasteiger partial charge in [0.15, 0.2) is 0 Å². The average molecular weight is 181 g/mol. The first kappa shape index (κ1) is 13.3. The molecule has 10 heavy (non-hydrogen) atoms. The van der Waals surface area contributed by atoms with Gasteiger partial charge >= 0.3 is 0 Å². The molecule has 0 bridgehead atoms. The highest BCUT2D eigenvalue weighted by Crippen LogP contribution is 2.20. The first-order chi connectivity index (χ1) is 4.91. The van der Waals surface area contributed by atoms with Gasteiger partial charge in [0.25, 0.3) is 0 Å². The first-order valence-electron chi connectivity index (χ1n) is 3.86. The van der Waals surface area contributed by atoms with E-state index in [-0.39, 0.29) is 0 Å². The Bertz CT molecular complexity index is 36.6. The molecule has 1 nitrogen and oxygen atoms in total. The lowest BCUT2D eigenvalue weighted by atomic mass is 10.6. The van der Waals surface area contributed by atoms with Crippen LogP contribution in [0.1, 0.15) is 27.2 Å². The second kappa shape index (κ2) is 16.3. The fraction of sp³-hybridized carbons (Fsp3) is 1.00. The van der Waals surface area contributed by atoms with Crippen LogP contribution in [-0.2, 0) is 0 Å². The van der Waals surface area contributed by atoms with Crippen molar-refractivity contribution in [3.8, 4) is 0 Å². The topological polar surface area (TPSA) is 26.0 Å². The molecule has 3 heteroatoms. The molecule has 0 spiro atoms. The molecule has 0 unspecified atom stereocenters. The van der Waals surface area contributed by atoms with Crippen molar-refractivity contribution < 1.29 is 0 Å². The predicted octanol–water partition coefficient (Wildman–Crippen LogP) is 2.76. The number of nitrogens with two attached hydrogens (primary N) is 1. The summed E-state index contributed by atoms with van der Waals surface area (Å²) in [6, 6.07) is 0. The SMILES string of the molecule is CC.CCCSSCCN. The monoisotopic (exact) mass is 181 g/mol. The first-order valence-corrected chi connectivity index (χ1v) is 6.35. The molecule has 0 heterocycles. The minimum absolute atomic E-state index is 0.807. The summed E-state index contributed by atoms with van der Waals surface area (Å²) in [7, 11) is 3.78. The molecule has 0 saturated carbocycles. The van der Waals surface area contributed by atoms with E-state index >= 15 is 0 Å². The van der Waals surface area contributed by atoms with Crippen molar-refractivity contribution in [1.29, 1.82) is 0 Å². The highest BCUT2D eigenvalue weighted by molar-refractivity contribution is 8.76. The molecule has 64 valence electrons. The van der Waals surface area contributed by atoms with Crippen molar-refractivity contribution in [2.24, 2.45) is 5.73 Å². The zero-order valence-corrected chi connectivity index (χ0v) is 8.86. The van der Waals surface area contributed by atoms with E-state index in [9.17, 15) is 0 Å². The molecule has 0 fully saturated rings. The fourth-order valence-electron chi connectivity index (χ4n) is 0.249. The van der Waals surface area contributed by atoms with Gasteiger partial charge in [-0.15, -0.1) is 0 Å². The van der Waals surface area contributed by atoms with E-state index in [1.54, 1.807) is 0 Å². The van der Waals surface area contributed by atoms with E-state index in [0.717, 1.165) is 12.3 Å². The molecule has 0 aromatic rings. The van der Waals surface area contributed by atoms with Crippen molar-refractivity contribution in [2.75, 3.05) is 18.1 Å². The van der Waals surface area contributed by atoms with E-state index < -0.39 is 0 Å². The molecule has 0 atom stereocenters. The molecule has 0 aliphatic heterocycles. The van der Waals surface area contributed by atoms with Gasteiger partial charge in [0, 0.05) is 18.1 Å². The van der Waals surface area contributed by atoms with E-state index in [1.807, 2.05) is 35.4 Å². The zero-order chi connectivity index (χ0) is 8.24. The maximum absolute atomic E-state index is 5.28. The summed E-state index contributed by atoms with van der Waals surface area (Å²) in [5, 5.41) is 0. The normalized spacial score (nSPS) is 8.40. The Balaban J connectivity index is 0. The van der Waals surface area contributed by atoms with Crippen molar-refractivity contribution in [2.45, 2.75) is 27.2 Å². The zero-order valence-electron chi connectivity index (χ0n) is 7.22. The van der Waals surface area contributed by atoms with Gasteiger partial charge in [0.1, 0.15) is 0 Å². The van der Waals surface area contributed by atoms with Gasteiger partial charge < -0.3 is 5.73 Å². The molecule has 0 radical (unpaired) electrons. The predicted molar refractivity (Wildman–Crippen MR) is 55.6 cm³/mol. The Hall–Kier alpha value is 0.660. The minimum atomic E-state index is 0.807. The maximum Gasteiger partial charge on any atom is 0.0160 e. The quantitative estimate of drug-likeness (QED) is 0.522. The highest BCUT2D eigenvalue weighted by atomic mass is 33.1. The fourth-order valence-corrected chi connectivity index (χ4v) is 2.24. The van der Waals surface area contributed by atoms with Crippen LogP contribution < -0.4 is 5.73 Å². The van der Waals surface area contributed by atoms with Crippen LogP contribution >= 0.6 is 21.6 Å². The van der Waals surface area contributed by atoms with Crippen LogP contribution in [-0.4, -0.2) is 18.1 Å². The number of hydrogen-bond donors (Lipinski definition) is 1. The summed E-state index contributed by atoms with van der Waals surface area (Å²) < 4.78 is 0. The maximum atomic E-state index is 5.28. The minimum Gasteiger partial charge on any atom is -0.330 e. The molecule has 0 saturated heterocycles. The third kappa shape index (κ3) is 15.9. The molecule has 0 rings (SSSR count). The van der Waals surface area contributed by atoms with E-state index in [1.165, 1.54) is 12.2 Å². The second-order valence-electron chi connectivity index (χ2n) is 1.43. The highest BCUT2D eigenvalue weighted by Gasteiger charge is 1.83. The number of rotatable bonds is 5. The largest absolute Gasteiger partial charge is 0.330 e. The standard InChI is InChI=1S/C5H13NS2.C2H6/c1-2-4-7-8-5-3-6;1-2/h2-6H2,1H3;1-2H3. The molecule has 0 amide bonds. The molecular formula is C7H19NS2. The molecular weight excluding hydrogens is 162 g/mol. The average Bonchev–Trinajstić information content (AvgIpc) is 2.02. The lowest BCUT2D eigenvalue weighted by Gasteiger charge is -1.93. The lowest BCUT2D eigenvalue weighted by molar-refractivity contribution is 1.11. The van der Waals surface area contributed by atoms with Crippen LogP contribution in [0.4, 0.5) is 0 Å². The third-order valence-electron chi connectivity index (χ3n) is 0.572. The molecule has 0 aliphatic carbocycles. The van der Waals surface area contributed by atoms with Crippen molar-refractivity contribution in [1.82, 2.24) is 0 Å². The van der Waals surface area contributed by atoms with Crippen LogP contribution in [0.2, 0.25) is 0 Å². The van der Waals surface area contributed by atoms with Crippen LogP contribution in [0.5, 0.6) is 0 Å². The Kier molecular flexibility index (Phi) is 21.7. The van der Waals surface area contributed by atoms with Gasteiger partial charge in [-0.3, -0.25) is 0 Å². The summed E-state index contributed by atoms with van der Waals surface area (Å²) in [6.07, 6.45) is 1.27. The van der Waals surface area contributed by atoms with Crippen LogP contribution in [0.3, 0.4) is 0 Å². The van der Waals surface area contributed by atoms with Crippen molar-refractivity contribution in [3.63, 3.8) is 0 Å². The molecule has 2 N–H and O–H groups in total. The van der Waals surface area contributed by atoms with Gasteiger partial charge in [0.05, 0.1) is 0 Å². The molecule has 0 aliphatic rings. The second-order valence-corrected chi connectivity index (χ2v) is 4.13. The summed E-state index contributed by atoms with van der Waals surface area (Å²) in [5.74, 6) is 2.34. The van der Waals surface area contributed by atoms with Crippen LogP contribution in [0.15, 0.2) is 0 Å². The summed E-state index contributed by atoms with van der Waals surface area (Å²) in [5.41, 5.74) is 5.28. The summed E-state index contributed by atoms with van der Waals surface area (Å²) in [4.78, 5) is 0. The summed E-state index contributed by atoms with van der Waals surface area (Å²) in [6.45, 7) is 7.00. The lowest BCUT2D eigenvalue weighted by Crippen LogP contribution is -1.99. The summed E-state index contributed by atoms with van der Waals surface area (Å²) >= 11 is 0. The van der Waals surface area contributed by atoms with E-state index in [0.29, 0.717) is 0 Å². The van der Waals surface area contributed by atoms with Gasteiger partial charge in [0.2, 0.25) is 0 Å². The Morgan fingerprint density at radius 3 is 2.00 bits per heavy atom. The van der Waals surface area contributed by atoms with Crippen molar-refractivity contribution >= 4 is 21.6 Å². The van der Waals surface area contributed by atoms with Crippen molar-refractivity contribution in [3.05, 3.63) is 0 Å².